The second-order valence-electron chi connectivity index (χ2n) is 6.85. The van der Waals surface area contributed by atoms with E-state index in [0.717, 1.165) is 54.6 Å². The van der Waals surface area contributed by atoms with Crippen molar-refractivity contribution < 1.29 is 13.2 Å². The number of rotatable bonds is 4. The van der Waals surface area contributed by atoms with Gasteiger partial charge in [-0.25, -0.2) is 0 Å². The SMILES string of the molecule is CC.FC(F)(F)c1ccc2c(c1)N(CCCN1CCNCC1)c1ccccc1S2. The van der Waals surface area contributed by atoms with Crippen LogP contribution in [0.3, 0.4) is 0 Å². The van der Waals surface area contributed by atoms with Crippen molar-refractivity contribution >= 4 is 23.1 Å². The van der Waals surface area contributed by atoms with E-state index in [1.54, 1.807) is 6.07 Å². The number of alkyl halides is 3. The number of halogens is 3. The van der Waals surface area contributed by atoms with E-state index in [9.17, 15) is 13.2 Å². The highest BCUT2D eigenvalue weighted by Gasteiger charge is 2.33. The zero-order chi connectivity index (χ0) is 20.9. The van der Waals surface area contributed by atoms with Crippen LogP contribution in [-0.2, 0) is 6.18 Å². The minimum Gasteiger partial charge on any atom is -0.340 e. The highest BCUT2D eigenvalue weighted by molar-refractivity contribution is 7.99. The van der Waals surface area contributed by atoms with Crippen LogP contribution in [0, 0.1) is 0 Å². The minimum absolute atomic E-state index is 0.590. The molecular weight excluding hydrogens is 395 g/mol. The minimum atomic E-state index is -4.33. The molecule has 2 aromatic rings. The number of hydrogen-bond acceptors (Lipinski definition) is 4. The first-order valence-electron chi connectivity index (χ1n) is 10.2. The molecular formula is C22H28F3N3S. The monoisotopic (exact) mass is 423 g/mol. The van der Waals surface area contributed by atoms with Gasteiger partial charge in [-0.2, -0.15) is 13.2 Å². The van der Waals surface area contributed by atoms with Gasteiger partial charge in [-0.15, -0.1) is 0 Å². The molecule has 2 aliphatic rings. The molecule has 2 aromatic carbocycles. The van der Waals surface area contributed by atoms with Gasteiger partial charge in [0.1, 0.15) is 0 Å². The van der Waals surface area contributed by atoms with Gasteiger partial charge in [0.05, 0.1) is 16.9 Å². The number of benzene rings is 2. The fraction of sp³-hybridized carbons (Fsp3) is 0.455. The average molecular weight is 424 g/mol. The van der Waals surface area contributed by atoms with Crippen molar-refractivity contribution in [2.24, 2.45) is 0 Å². The molecule has 2 heterocycles. The highest BCUT2D eigenvalue weighted by Crippen LogP contribution is 2.49. The molecule has 3 nitrogen and oxygen atoms in total. The maximum Gasteiger partial charge on any atom is 0.416 e. The van der Waals surface area contributed by atoms with Gasteiger partial charge in [0.2, 0.25) is 0 Å². The van der Waals surface area contributed by atoms with Gasteiger partial charge in [0.25, 0.3) is 0 Å². The third kappa shape index (κ3) is 5.27. The van der Waals surface area contributed by atoms with E-state index >= 15 is 0 Å². The summed E-state index contributed by atoms with van der Waals surface area (Å²) in [5, 5.41) is 3.34. The molecule has 0 spiro atoms. The summed E-state index contributed by atoms with van der Waals surface area (Å²) in [7, 11) is 0. The Bertz CT molecular complexity index is 804. The van der Waals surface area contributed by atoms with Gasteiger partial charge in [-0.05, 0) is 43.3 Å². The first-order chi connectivity index (χ1) is 14.0. The van der Waals surface area contributed by atoms with E-state index in [-0.39, 0.29) is 0 Å². The molecule has 0 aromatic heterocycles. The predicted molar refractivity (Wildman–Crippen MR) is 114 cm³/mol. The molecule has 29 heavy (non-hydrogen) atoms. The first-order valence-corrected chi connectivity index (χ1v) is 11.0. The van der Waals surface area contributed by atoms with E-state index in [4.69, 9.17) is 0 Å². The number of hydrogen-bond donors (Lipinski definition) is 1. The van der Waals surface area contributed by atoms with E-state index in [0.29, 0.717) is 12.2 Å². The fourth-order valence-electron chi connectivity index (χ4n) is 3.63. The van der Waals surface area contributed by atoms with Crippen molar-refractivity contribution in [1.82, 2.24) is 10.2 Å². The van der Waals surface area contributed by atoms with Gasteiger partial charge >= 0.3 is 6.18 Å². The lowest BCUT2D eigenvalue weighted by atomic mass is 10.1. The quantitative estimate of drug-likeness (QED) is 0.687. The van der Waals surface area contributed by atoms with E-state index in [2.05, 4.69) is 15.1 Å². The third-order valence-electron chi connectivity index (χ3n) is 5.02. The summed E-state index contributed by atoms with van der Waals surface area (Å²) in [6.45, 7) is 9.72. The topological polar surface area (TPSA) is 18.5 Å². The Hall–Kier alpha value is -1.70. The molecule has 0 saturated carbocycles. The zero-order valence-corrected chi connectivity index (χ0v) is 17.7. The Morgan fingerprint density at radius 2 is 1.62 bits per heavy atom. The summed E-state index contributed by atoms with van der Waals surface area (Å²) >= 11 is 1.54. The summed E-state index contributed by atoms with van der Waals surface area (Å²) < 4.78 is 39.7. The average Bonchev–Trinajstić information content (AvgIpc) is 2.74. The molecule has 7 heteroatoms. The van der Waals surface area contributed by atoms with Crippen LogP contribution in [-0.4, -0.2) is 44.2 Å². The van der Waals surface area contributed by atoms with Gasteiger partial charge in [-0.3, -0.25) is 0 Å². The van der Waals surface area contributed by atoms with Crippen LogP contribution in [0.25, 0.3) is 0 Å². The third-order valence-corrected chi connectivity index (χ3v) is 6.15. The Balaban J connectivity index is 0.00000117. The van der Waals surface area contributed by atoms with Crippen LogP contribution >= 0.6 is 11.8 Å². The normalized spacial score (nSPS) is 16.5. The van der Waals surface area contributed by atoms with Crippen molar-refractivity contribution in [1.29, 1.82) is 0 Å². The van der Waals surface area contributed by atoms with Crippen LogP contribution in [0.5, 0.6) is 0 Å². The second-order valence-corrected chi connectivity index (χ2v) is 7.93. The smallest absolute Gasteiger partial charge is 0.340 e. The summed E-state index contributed by atoms with van der Waals surface area (Å²) in [6, 6.07) is 12.0. The molecule has 1 N–H and O–H groups in total. The van der Waals surface area contributed by atoms with Crippen LogP contribution in [0.2, 0.25) is 0 Å². The molecule has 1 fully saturated rings. The number of fused-ring (bicyclic) bond motifs is 2. The maximum absolute atomic E-state index is 13.2. The molecule has 0 bridgehead atoms. The standard InChI is InChI=1S/C20H22F3N3S.C2H6/c21-20(22,23)15-6-7-19-17(14-15)26(16-4-1-2-5-18(16)27-19)11-3-10-25-12-8-24-9-13-25;1-2/h1-2,4-7,14,24H,3,8-13H2;1-2H3. The van der Waals surface area contributed by atoms with Crippen LogP contribution in [0.1, 0.15) is 25.8 Å². The molecule has 1 saturated heterocycles. The Labute approximate surface area is 175 Å². The fourth-order valence-corrected chi connectivity index (χ4v) is 4.71. The van der Waals surface area contributed by atoms with E-state index in [1.165, 1.54) is 23.9 Å². The number of piperazine rings is 1. The number of nitrogens with one attached hydrogen (secondary N) is 1. The lowest BCUT2D eigenvalue weighted by Crippen LogP contribution is -2.44. The predicted octanol–water partition coefficient (Wildman–Crippen LogP) is 5.63. The molecule has 0 atom stereocenters. The van der Waals surface area contributed by atoms with Crippen molar-refractivity contribution in [2.45, 2.75) is 36.2 Å². The Morgan fingerprint density at radius 3 is 2.34 bits per heavy atom. The van der Waals surface area contributed by atoms with Gasteiger partial charge in [0, 0.05) is 42.5 Å². The lowest BCUT2D eigenvalue weighted by Gasteiger charge is -2.34. The van der Waals surface area contributed by atoms with Crippen molar-refractivity contribution in [3.05, 3.63) is 48.0 Å². The van der Waals surface area contributed by atoms with Crippen LogP contribution in [0.15, 0.2) is 52.3 Å². The number of nitrogens with zero attached hydrogens (tertiary/aromatic N) is 2. The summed E-state index contributed by atoms with van der Waals surface area (Å²) in [4.78, 5) is 6.43. The van der Waals surface area contributed by atoms with Crippen molar-refractivity contribution in [2.75, 3.05) is 44.2 Å². The van der Waals surface area contributed by atoms with E-state index in [1.807, 2.05) is 38.1 Å². The van der Waals surface area contributed by atoms with Crippen LogP contribution in [0.4, 0.5) is 24.5 Å². The number of anilines is 2. The van der Waals surface area contributed by atoms with Gasteiger partial charge in [0.15, 0.2) is 0 Å². The molecule has 4 rings (SSSR count). The summed E-state index contributed by atoms with van der Waals surface area (Å²) in [5.41, 5.74) is 1.07. The van der Waals surface area contributed by atoms with Gasteiger partial charge < -0.3 is 15.1 Å². The molecule has 158 valence electrons. The van der Waals surface area contributed by atoms with Crippen molar-refractivity contribution in [3.63, 3.8) is 0 Å². The lowest BCUT2D eigenvalue weighted by molar-refractivity contribution is -0.137. The Kier molecular flexibility index (Phi) is 7.49. The molecule has 2 aliphatic heterocycles. The van der Waals surface area contributed by atoms with Crippen LogP contribution < -0.4 is 10.2 Å². The van der Waals surface area contributed by atoms with E-state index < -0.39 is 11.7 Å². The second kappa shape index (κ2) is 9.87. The van der Waals surface area contributed by atoms with Crippen molar-refractivity contribution in [3.8, 4) is 0 Å². The molecule has 0 radical (unpaired) electrons. The maximum atomic E-state index is 13.2. The first kappa shape index (κ1) is 22.0. The summed E-state index contributed by atoms with van der Waals surface area (Å²) in [5.74, 6) is 0. The Morgan fingerprint density at radius 1 is 0.931 bits per heavy atom. The molecule has 0 unspecified atom stereocenters. The molecule has 0 amide bonds. The largest absolute Gasteiger partial charge is 0.416 e. The molecule has 0 aliphatic carbocycles. The summed E-state index contributed by atoms with van der Waals surface area (Å²) in [6.07, 6.45) is -3.42. The zero-order valence-electron chi connectivity index (χ0n) is 16.9. The van der Waals surface area contributed by atoms with Gasteiger partial charge in [-0.1, -0.05) is 37.7 Å². The number of para-hydroxylation sites is 1. The highest BCUT2D eigenvalue weighted by atomic mass is 32.2.